The van der Waals surface area contributed by atoms with Gasteiger partial charge in [0.25, 0.3) is 0 Å². The number of H-pyrrole nitrogens is 1. The molecule has 0 aliphatic rings. The van der Waals surface area contributed by atoms with E-state index in [1.807, 2.05) is 24.4 Å². The number of carbonyl (C=O) groups is 1. The van der Waals surface area contributed by atoms with Gasteiger partial charge in [-0.15, -0.1) is 11.6 Å². The van der Waals surface area contributed by atoms with Crippen LogP contribution in [0.5, 0.6) is 0 Å². The van der Waals surface area contributed by atoms with Crippen molar-refractivity contribution in [1.82, 2.24) is 19.5 Å². The lowest BCUT2D eigenvalue weighted by molar-refractivity contribution is 0.0696. The largest absolute Gasteiger partial charge is 0.478 e. The Morgan fingerprint density at radius 2 is 2.13 bits per heavy atom. The number of aromatic nitrogens is 4. The summed E-state index contributed by atoms with van der Waals surface area (Å²) in [5, 5.41) is 10.7. The summed E-state index contributed by atoms with van der Waals surface area (Å²) in [6, 6.07) is 6.99. The number of ether oxygens (including phenoxy) is 1. The second kappa shape index (κ2) is 8.45. The summed E-state index contributed by atoms with van der Waals surface area (Å²) in [6.45, 7) is 7.76. The Kier molecular flexibility index (Phi) is 5.87. The summed E-state index contributed by atoms with van der Waals surface area (Å²) in [5.74, 6) is -0.603. The summed E-state index contributed by atoms with van der Waals surface area (Å²) < 4.78 is 7.51. The minimum atomic E-state index is -1.20. The van der Waals surface area contributed by atoms with E-state index in [0.717, 1.165) is 28.1 Å². The smallest absolute Gasteiger partial charge is 0.339 e. The molecule has 0 spiro atoms. The van der Waals surface area contributed by atoms with Crippen LogP contribution in [0.25, 0.3) is 33.3 Å². The van der Waals surface area contributed by atoms with Crippen molar-refractivity contribution in [2.75, 3.05) is 6.61 Å². The Hall–Kier alpha value is -2.68. The van der Waals surface area contributed by atoms with Crippen LogP contribution in [0.1, 0.15) is 15.9 Å². The fraction of sp³-hybridized carbons (Fsp3) is 0.318. The Morgan fingerprint density at radius 1 is 1.32 bits per heavy atom. The van der Waals surface area contributed by atoms with Gasteiger partial charge >= 0.3 is 5.97 Å². The van der Waals surface area contributed by atoms with Crippen LogP contribution < -0.4 is 0 Å². The van der Waals surface area contributed by atoms with E-state index in [9.17, 15) is 9.90 Å². The molecule has 0 saturated carbocycles. The third-order valence-electron chi connectivity index (χ3n) is 5.20. The molecule has 2 N–H and O–H groups in total. The Morgan fingerprint density at radius 3 is 2.84 bits per heavy atom. The van der Waals surface area contributed by atoms with Crippen LogP contribution in [-0.4, -0.2) is 45.3 Å². The summed E-state index contributed by atoms with van der Waals surface area (Å²) in [6.07, 6.45) is 5.08. The van der Waals surface area contributed by atoms with Gasteiger partial charge < -0.3 is 19.4 Å². The molecule has 0 amide bonds. The van der Waals surface area contributed by atoms with Crippen molar-refractivity contribution in [2.45, 2.75) is 38.3 Å². The number of aromatic amines is 1. The summed E-state index contributed by atoms with van der Waals surface area (Å²) >= 11 is 5.93. The molecule has 7 nitrogen and oxygen atoms in total. The van der Waals surface area contributed by atoms with Gasteiger partial charge in [-0.25, -0.2) is 14.8 Å². The van der Waals surface area contributed by atoms with Crippen molar-refractivity contribution in [1.29, 1.82) is 0 Å². The number of hydrogen-bond donors (Lipinski definition) is 2. The van der Waals surface area contributed by atoms with Crippen LogP contribution in [0.2, 0.25) is 25.7 Å². The van der Waals surface area contributed by atoms with Crippen LogP contribution in [0, 0.1) is 0 Å². The highest BCUT2D eigenvalue weighted by atomic mass is 35.5. The quantitative estimate of drug-likeness (QED) is 0.212. The van der Waals surface area contributed by atoms with Gasteiger partial charge in [-0.2, -0.15) is 0 Å². The zero-order valence-electron chi connectivity index (χ0n) is 17.8. The van der Waals surface area contributed by atoms with Gasteiger partial charge in [-0.3, -0.25) is 0 Å². The predicted molar refractivity (Wildman–Crippen MR) is 125 cm³/mol. The maximum atomic E-state index is 11.8. The summed E-state index contributed by atoms with van der Waals surface area (Å²) in [4.78, 5) is 24.3. The number of hydrogen-bond acceptors (Lipinski definition) is 4. The van der Waals surface area contributed by atoms with Crippen LogP contribution in [-0.2, 0) is 17.3 Å². The third-order valence-corrected chi connectivity index (χ3v) is 7.21. The molecule has 4 rings (SSSR count). The van der Waals surface area contributed by atoms with Crippen molar-refractivity contribution in [3.05, 3.63) is 47.9 Å². The van der Waals surface area contributed by atoms with Crippen LogP contribution in [0.15, 0.2) is 36.8 Å². The SMILES string of the molecule is C[Si](C)(C)CCOCn1cc(C(=O)O)c2nc(-c3c[nH]c4cc(CCl)ccc34)cnc21. The van der Waals surface area contributed by atoms with Gasteiger partial charge in [0.05, 0.1) is 11.9 Å². The van der Waals surface area contributed by atoms with Crippen molar-refractivity contribution in [3.8, 4) is 11.3 Å². The molecule has 0 radical (unpaired) electrons. The number of nitrogens with one attached hydrogen (secondary N) is 1. The molecule has 9 heteroatoms. The zero-order chi connectivity index (χ0) is 22.2. The molecule has 4 aromatic rings. The second-order valence-corrected chi connectivity index (χ2v) is 14.7. The molecule has 162 valence electrons. The molecule has 31 heavy (non-hydrogen) atoms. The Labute approximate surface area is 186 Å². The first kappa shape index (κ1) is 21.5. The first-order valence-electron chi connectivity index (χ1n) is 10.1. The average Bonchev–Trinajstić information content (AvgIpc) is 3.31. The summed E-state index contributed by atoms with van der Waals surface area (Å²) in [5.41, 5.74) is 4.40. The number of carboxylic acid groups (broad SMARTS) is 1. The third kappa shape index (κ3) is 4.51. The van der Waals surface area contributed by atoms with Gasteiger partial charge in [0.2, 0.25) is 0 Å². The van der Waals surface area contributed by atoms with Crippen LogP contribution in [0.3, 0.4) is 0 Å². The second-order valence-electron chi connectivity index (χ2n) is 8.81. The highest BCUT2D eigenvalue weighted by Crippen LogP contribution is 2.30. The van der Waals surface area contributed by atoms with Gasteiger partial charge in [-0.1, -0.05) is 31.8 Å². The van der Waals surface area contributed by atoms with E-state index in [1.165, 1.54) is 0 Å². The Balaban J connectivity index is 1.69. The van der Waals surface area contributed by atoms with E-state index in [2.05, 4.69) is 34.6 Å². The first-order chi connectivity index (χ1) is 14.8. The number of fused-ring (bicyclic) bond motifs is 2. The maximum absolute atomic E-state index is 11.8. The number of benzene rings is 1. The fourth-order valence-corrected chi connectivity index (χ4v) is 4.37. The van der Waals surface area contributed by atoms with Crippen LogP contribution in [0.4, 0.5) is 0 Å². The van der Waals surface area contributed by atoms with E-state index in [0.29, 0.717) is 29.3 Å². The number of alkyl halides is 1. The highest BCUT2D eigenvalue weighted by Gasteiger charge is 2.19. The number of carboxylic acids is 1. The monoisotopic (exact) mass is 456 g/mol. The molecule has 0 aliphatic carbocycles. The van der Waals surface area contributed by atoms with Crippen molar-refractivity contribution in [2.24, 2.45) is 0 Å². The van der Waals surface area contributed by atoms with Crippen LogP contribution >= 0.6 is 11.6 Å². The van der Waals surface area contributed by atoms with Gasteiger partial charge in [-0.05, 0) is 17.7 Å². The van der Waals surface area contributed by atoms with Gasteiger partial charge in [0.1, 0.15) is 17.8 Å². The van der Waals surface area contributed by atoms with Crippen molar-refractivity contribution < 1.29 is 14.6 Å². The molecule has 0 saturated heterocycles. The maximum Gasteiger partial charge on any atom is 0.339 e. The summed E-state index contributed by atoms with van der Waals surface area (Å²) in [7, 11) is -1.20. The Bertz CT molecular complexity index is 1260. The van der Waals surface area contributed by atoms with Crippen molar-refractivity contribution >= 4 is 47.7 Å². The lowest BCUT2D eigenvalue weighted by Crippen LogP contribution is -2.22. The number of rotatable bonds is 8. The fourth-order valence-electron chi connectivity index (χ4n) is 3.45. The molecule has 0 atom stereocenters. The highest BCUT2D eigenvalue weighted by molar-refractivity contribution is 6.76. The normalized spacial score (nSPS) is 12.1. The molecule has 1 aromatic carbocycles. The molecule has 0 unspecified atom stereocenters. The number of halogens is 1. The van der Waals surface area contributed by atoms with E-state index in [4.69, 9.17) is 16.3 Å². The minimum absolute atomic E-state index is 0.113. The van der Waals surface area contributed by atoms with E-state index >= 15 is 0 Å². The van der Waals surface area contributed by atoms with E-state index in [1.54, 1.807) is 17.0 Å². The topological polar surface area (TPSA) is 93.0 Å². The lowest BCUT2D eigenvalue weighted by atomic mass is 10.1. The molecular weight excluding hydrogens is 432 g/mol. The van der Waals surface area contributed by atoms with Gasteiger partial charge in [0, 0.05) is 49.4 Å². The molecule has 0 fully saturated rings. The van der Waals surface area contributed by atoms with E-state index < -0.39 is 14.0 Å². The molecular formula is C22H25ClN4O3Si. The van der Waals surface area contributed by atoms with Crippen molar-refractivity contribution in [3.63, 3.8) is 0 Å². The standard InChI is InChI=1S/C22H25ClN4O3Si/c1-31(2,3)7-6-30-13-27-12-17(22(28)29)20-21(27)25-11-19(26-20)16-10-24-18-8-14(9-23)4-5-15(16)18/h4-5,8,10-12,24H,6-7,9,13H2,1-3H3,(H,28,29). The number of nitrogens with zero attached hydrogens (tertiary/aromatic N) is 3. The lowest BCUT2D eigenvalue weighted by Gasteiger charge is -2.15. The molecule has 0 bridgehead atoms. The molecule has 0 aliphatic heterocycles. The minimum Gasteiger partial charge on any atom is -0.478 e. The average molecular weight is 457 g/mol. The number of aromatic carboxylic acids is 1. The molecule has 3 heterocycles. The predicted octanol–water partition coefficient (Wildman–Crippen LogP) is 5.33. The zero-order valence-corrected chi connectivity index (χ0v) is 19.5. The van der Waals surface area contributed by atoms with E-state index in [-0.39, 0.29) is 12.3 Å². The van der Waals surface area contributed by atoms with Gasteiger partial charge in [0.15, 0.2) is 5.65 Å². The first-order valence-corrected chi connectivity index (χ1v) is 14.3. The molecule has 3 aromatic heterocycles.